The first kappa shape index (κ1) is 17.9. The minimum absolute atomic E-state index is 0.689. The van der Waals surface area contributed by atoms with E-state index in [1.807, 2.05) is 0 Å². The van der Waals surface area contributed by atoms with Crippen molar-refractivity contribution in [1.82, 2.24) is 0 Å². The van der Waals surface area contributed by atoms with Gasteiger partial charge in [-0.05, 0) is 11.8 Å². The van der Waals surface area contributed by atoms with E-state index in [2.05, 4.69) is 18.9 Å². The summed E-state index contributed by atoms with van der Waals surface area (Å²) in [5.41, 5.74) is -4.29. The van der Waals surface area contributed by atoms with Crippen LogP contribution in [0, 0.1) is 22.7 Å². The molecule has 1 rings (SSSR count). The van der Waals surface area contributed by atoms with Crippen LogP contribution < -0.4 is 0 Å². The zero-order chi connectivity index (χ0) is 17.3. The van der Waals surface area contributed by atoms with Crippen molar-refractivity contribution in [3.8, 4) is 0 Å². The molecule has 1 aliphatic rings. The molecule has 0 heterocycles. The van der Waals surface area contributed by atoms with Crippen LogP contribution in [0.5, 0.6) is 0 Å². The minimum Gasteiger partial charge on any atom is -0.468 e. The zero-order valence-electron chi connectivity index (χ0n) is 13.4. The van der Waals surface area contributed by atoms with Crippen LogP contribution in [0.4, 0.5) is 0 Å². The van der Waals surface area contributed by atoms with Crippen LogP contribution in [0.3, 0.4) is 0 Å². The maximum atomic E-state index is 12.4. The van der Waals surface area contributed by atoms with Gasteiger partial charge in [0.1, 0.15) is 0 Å². The minimum atomic E-state index is -2.14. The lowest BCUT2D eigenvalue weighted by molar-refractivity contribution is -0.243. The van der Waals surface area contributed by atoms with Gasteiger partial charge in [-0.25, -0.2) is 0 Å². The number of hydrogen-bond donors (Lipinski definition) is 0. The topological polar surface area (TPSA) is 105 Å². The van der Waals surface area contributed by atoms with Crippen molar-refractivity contribution >= 4 is 23.9 Å². The molecule has 1 aliphatic carbocycles. The summed E-state index contributed by atoms with van der Waals surface area (Å²) in [5, 5.41) is 0. The lowest BCUT2D eigenvalue weighted by Crippen LogP contribution is -2.77. The third kappa shape index (κ3) is 1.69. The summed E-state index contributed by atoms with van der Waals surface area (Å²) in [6.45, 7) is 3.12. The van der Waals surface area contributed by atoms with E-state index in [0.29, 0.717) is 0 Å². The largest absolute Gasteiger partial charge is 0.468 e. The average Bonchev–Trinajstić information content (AvgIpc) is 2.55. The van der Waals surface area contributed by atoms with E-state index in [9.17, 15) is 19.2 Å². The Kier molecular flexibility index (Phi) is 4.84. The van der Waals surface area contributed by atoms with Crippen LogP contribution >= 0.6 is 0 Å². The van der Waals surface area contributed by atoms with Crippen molar-refractivity contribution in [3.05, 3.63) is 0 Å². The third-order valence-corrected chi connectivity index (χ3v) is 4.77. The number of esters is 4. The van der Waals surface area contributed by atoms with Gasteiger partial charge < -0.3 is 18.9 Å². The van der Waals surface area contributed by atoms with E-state index in [1.54, 1.807) is 13.8 Å². The lowest BCUT2D eigenvalue weighted by atomic mass is 9.38. The molecule has 0 aromatic carbocycles. The summed E-state index contributed by atoms with van der Waals surface area (Å²) in [4.78, 5) is 49.6. The molecule has 0 spiro atoms. The van der Waals surface area contributed by atoms with E-state index < -0.39 is 46.5 Å². The summed E-state index contributed by atoms with van der Waals surface area (Å²) >= 11 is 0. The Morgan fingerprint density at radius 2 is 0.773 bits per heavy atom. The van der Waals surface area contributed by atoms with Crippen molar-refractivity contribution in [1.29, 1.82) is 0 Å². The molecule has 22 heavy (non-hydrogen) atoms. The maximum Gasteiger partial charge on any atom is 0.325 e. The summed E-state index contributed by atoms with van der Waals surface area (Å²) in [5.74, 6) is -5.54. The maximum absolute atomic E-state index is 12.4. The van der Waals surface area contributed by atoms with Gasteiger partial charge in [0.05, 0.1) is 28.4 Å². The van der Waals surface area contributed by atoms with Gasteiger partial charge in [-0.3, -0.25) is 19.2 Å². The second-order valence-corrected chi connectivity index (χ2v) is 5.16. The highest BCUT2D eigenvalue weighted by molar-refractivity contribution is 6.17. The van der Waals surface area contributed by atoms with Crippen LogP contribution in [0.25, 0.3) is 0 Å². The van der Waals surface area contributed by atoms with Gasteiger partial charge >= 0.3 is 23.9 Å². The average molecular weight is 316 g/mol. The highest BCUT2D eigenvalue weighted by Crippen LogP contribution is 2.66. The SMILES string of the molecule is COC(=O)C1(C(=O)OC)[C@H](C)[C@H](C)C1(C(=O)OC)C(=O)OC. The number of carbonyl (C=O) groups excluding carboxylic acids is 4. The second-order valence-electron chi connectivity index (χ2n) is 5.16. The molecule has 0 N–H and O–H groups in total. The fourth-order valence-electron chi connectivity index (χ4n) is 3.57. The predicted molar refractivity (Wildman–Crippen MR) is 71.3 cm³/mol. The monoisotopic (exact) mass is 316 g/mol. The number of methoxy groups -OCH3 is 4. The number of rotatable bonds is 4. The van der Waals surface area contributed by atoms with Gasteiger partial charge in [-0.1, -0.05) is 13.8 Å². The summed E-state index contributed by atoms with van der Waals surface area (Å²) in [6.07, 6.45) is 0. The van der Waals surface area contributed by atoms with E-state index in [4.69, 9.17) is 0 Å². The van der Waals surface area contributed by atoms with Crippen molar-refractivity contribution in [2.75, 3.05) is 28.4 Å². The molecular weight excluding hydrogens is 296 g/mol. The Morgan fingerprint density at radius 1 is 0.591 bits per heavy atom. The van der Waals surface area contributed by atoms with Crippen LogP contribution in [0.15, 0.2) is 0 Å². The first-order chi connectivity index (χ1) is 10.2. The third-order valence-electron chi connectivity index (χ3n) is 4.77. The fourth-order valence-corrected chi connectivity index (χ4v) is 3.57. The molecule has 8 nitrogen and oxygen atoms in total. The molecule has 2 atom stereocenters. The first-order valence-corrected chi connectivity index (χ1v) is 6.58. The number of hydrogen-bond acceptors (Lipinski definition) is 8. The Hall–Kier alpha value is -2.12. The van der Waals surface area contributed by atoms with Crippen molar-refractivity contribution < 1.29 is 38.1 Å². The van der Waals surface area contributed by atoms with Gasteiger partial charge in [-0.15, -0.1) is 0 Å². The van der Waals surface area contributed by atoms with Crippen molar-refractivity contribution in [3.63, 3.8) is 0 Å². The van der Waals surface area contributed by atoms with Crippen molar-refractivity contribution in [2.24, 2.45) is 22.7 Å². The molecule has 0 aromatic rings. The van der Waals surface area contributed by atoms with Crippen LogP contribution in [-0.4, -0.2) is 52.3 Å². The summed E-state index contributed by atoms with van der Waals surface area (Å²) in [7, 11) is 4.23. The number of carbonyl (C=O) groups is 4. The standard InChI is InChI=1S/C14H20O8/c1-7-8(2)14(11(17)21-5,12(18)22-6)13(7,9(15)19-3)10(16)20-4/h7-8H,1-6H3/t7-,8+. The Bertz CT molecular complexity index is 431. The molecule has 0 saturated heterocycles. The van der Waals surface area contributed by atoms with Crippen LogP contribution in [-0.2, 0) is 38.1 Å². The molecule has 0 amide bonds. The smallest absolute Gasteiger partial charge is 0.325 e. The van der Waals surface area contributed by atoms with Crippen LogP contribution in [0.2, 0.25) is 0 Å². The highest BCUT2D eigenvalue weighted by Gasteiger charge is 2.85. The van der Waals surface area contributed by atoms with Crippen LogP contribution in [0.1, 0.15) is 13.8 Å². The van der Waals surface area contributed by atoms with E-state index in [-0.39, 0.29) is 0 Å². The Morgan fingerprint density at radius 3 is 0.909 bits per heavy atom. The Balaban J connectivity index is 3.76. The molecule has 8 heteroatoms. The molecule has 1 saturated carbocycles. The molecule has 0 aromatic heterocycles. The summed E-state index contributed by atoms with van der Waals surface area (Å²) < 4.78 is 18.8. The molecule has 0 aliphatic heterocycles. The summed E-state index contributed by atoms with van der Waals surface area (Å²) in [6, 6.07) is 0. The lowest BCUT2D eigenvalue weighted by Gasteiger charge is -2.59. The highest BCUT2D eigenvalue weighted by atomic mass is 16.6. The van der Waals surface area contributed by atoms with Crippen molar-refractivity contribution in [2.45, 2.75) is 13.8 Å². The van der Waals surface area contributed by atoms with Gasteiger partial charge in [0.25, 0.3) is 0 Å². The van der Waals surface area contributed by atoms with E-state index >= 15 is 0 Å². The Labute approximate surface area is 128 Å². The second kappa shape index (κ2) is 5.94. The van der Waals surface area contributed by atoms with E-state index in [1.165, 1.54) is 0 Å². The molecule has 1 fully saturated rings. The quantitative estimate of drug-likeness (QED) is 0.403. The van der Waals surface area contributed by atoms with Gasteiger partial charge in [-0.2, -0.15) is 0 Å². The molecule has 0 unspecified atom stereocenters. The van der Waals surface area contributed by atoms with Gasteiger partial charge in [0.15, 0.2) is 10.8 Å². The molecular formula is C14H20O8. The van der Waals surface area contributed by atoms with Gasteiger partial charge in [0, 0.05) is 0 Å². The van der Waals surface area contributed by atoms with E-state index in [0.717, 1.165) is 28.4 Å². The predicted octanol–water partition coefficient (Wildman–Crippen LogP) is -0.0630. The fraction of sp³-hybridized carbons (Fsp3) is 0.714. The zero-order valence-corrected chi connectivity index (χ0v) is 13.4. The van der Waals surface area contributed by atoms with Gasteiger partial charge in [0.2, 0.25) is 0 Å². The molecule has 0 bridgehead atoms. The number of ether oxygens (including phenoxy) is 4. The first-order valence-electron chi connectivity index (χ1n) is 6.58. The normalized spacial score (nSPS) is 24.5. The molecule has 124 valence electrons. The molecule has 0 radical (unpaired) electrons.